The van der Waals surface area contributed by atoms with E-state index in [9.17, 15) is 4.57 Å². The van der Waals surface area contributed by atoms with Crippen molar-refractivity contribution in [3.8, 4) is 0 Å². The number of ether oxygens (including phenoxy) is 1. The van der Waals surface area contributed by atoms with Crippen molar-refractivity contribution in [3.05, 3.63) is 12.3 Å². The lowest BCUT2D eigenvalue weighted by atomic mass is 10.0. The highest BCUT2D eigenvalue weighted by molar-refractivity contribution is 7.46. The Morgan fingerprint density at radius 1 is 0.679 bits per heavy atom. The van der Waals surface area contributed by atoms with Gasteiger partial charge in [0.15, 0.2) is 0 Å². The lowest BCUT2D eigenvalue weighted by molar-refractivity contribution is 0.162. The summed E-state index contributed by atoms with van der Waals surface area (Å²) in [6.07, 6.45) is 22.3. The minimum absolute atomic E-state index is 0.817. The van der Waals surface area contributed by atoms with E-state index in [0.717, 1.165) is 32.3 Å². The van der Waals surface area contributed by atoms with E-state index in [1.54, 1.807) is 6.08 Å². The predicted molar refractivity (Wildman–Crippen MR) is 119 cm³/mol. The molecule has 28 heavy (non-hydrogen) atoms. The summed E-state index contributed by atoms with van der Waals surface area (Å²) in [5.41, 5.74) is 0. The molecule has 0 aromatic rings. The van der Waals surface area contributed by atoms with Gasteiger partial charge in [0.25, 0.3) is 0 Å². The summed E-state index contributed by atoms with van der Waals surface area (Å²) in [6, 6.07) is 0. The van der Waals surface area contributed by atoms with E-state index in [-0.39, 0.29) is 0 Å². The van der Waals surface area contributed by atoms with Gasteiger partial charge in [-0.3, -0.25) is 9.79 Å². The fourth-order valence-corrected chi connectivity index (χ4v) is 3.10. The van der Waals surface area contributed by atoms with E-state index in [2.05, 4.69) is 11.4 Å². The Kier molecular flexibility index (Phi) is 26.3. The van der Waals surface area contributed by atoms with Gasteiger partial charge in [0, 0.05) is 13.2 Å². The minimum Gasteiger partial charge on any atom is -0.413 e. The summed E-state index contributed by atoms with van der Waals surface area (Å²) in [4.78, 5) is 17.0. The van der Waals surface area contributed by atoms with Gasteiger partial charge in [-0.05, 0) is 32.8 Å². The van der Waals surface area contributed by atoms with Crippen LogP contribution in [0.25, 0.3) is 0 Å². The van der Waals surface area contributed by atoms with Gasteiger partial charge in [0.1, 0.15) is 0 Å². The summed E-state index contributed by atoms with van der Waals surface area (Å²) in [5, 5.41) is 0. The molecule has 0 atom stereocenters. The lowest BCUT2D eigenvalue weighted by Gasteiger charge is -2.03. The highest BCUT2D eigenvalue weighted by Gasteiger charge is 2.10. The van der Waals surface area contributed by atoms with Crippen molar-refractivity contribution in [1.82, 2.24) is 0 Å². The lowest BCUT2D eigenvalue weighted by Crippen LogP contribution is -1.84. The summed E-state index contributed by atoms with van der Waals surface area (Å²) >= 11 is 0. The Morgan fingerprint density at radius 3 is 1.39 bits per heavy atom. The van der Waals surface area contributed by atoms with Gasteiger partial charge in [0.05, 0.1) is 6.26 Å². The average molecular weight is 423 g/mol. The number of rotatable bonds is 19. The molecule has 5 nitrogen and oxygen atoms in total. The average Bonchev–Trinajstić information content (AvgIpc) is 2.64. The molecule has 0 saturated carbocycles. The zero-order valence-corrected chi connectivity index (χ0v) is 19.6. The SMILES string of the molecule is CCCCCCCCCCCCCCCC/C=C/OP(=O)(O)O.CCOCC. The van der Waals surface area contributed by atoms with Crippen molar-refractivity contribution in [2.75, 3.05) is 13.2 Å². The Bertz CT molecular complexity index is 353. The van der Waals surface area contributed by atoms with Crippen LogP contribution >= 0.6 is 7.82 Å². The molecule has 0 bridgehead atoms. The fourth-order valence-electron chi connectivity index (χ4n) is 2.85. The normalized spacial score (nSPS) is 11.5. The molecule has 0 heterocycles. The summed E-state index contributed by atoms with van der Waals surface area (Å²) in [7, 11) is -4.34. The largest absolute Gasteiger partial charge is 0.524 e. The molecule has 0 rings (SSSR count). The van der Waals surface area contributed by atoms with Crippen LogP contribution in [-0.4, -0.2) is 23.0 Å². The molecule has 0 aliphatic carbocycles. The molecular weight excluding hydrogens is 375 g/mol. The van der Waals surface area contributed by atoms with Gasteiger partial charge in [0.2, 0.25) is 0 Å². The van der Waals surface area contributed by atoms with E-state index in [0.29, 0.717) is 0 Å². The van der Waals surface area contributed by atoms with Crippen LogP contribution in [0.4, 0.5) is 0 Å². The van der Waals surface area contributed by atoms with Crippen molar-refractivity contribution in [3.63, 3.8) is 0 Å². The Morgan fingerprint density at radius 2 is 1.07 bits per heavy atom. The van der Waals surface area contributed by atoms with Gasteiger partial charge in [-0.15, -0.1) is 0 Å². The van der Waals surface area contributed by atoms with E-state index in [1.807, 2.05) is 13.8 Å². The second-order valence-electron chi connectivity index (χ2n) is 7.13. The van der Waals surface area contributed by atoms with Crippen LogP contribution in [0, 0.1) is 0 Å². The third kappa shape index (κ3) is 33.3. The maximum Gasteiger partial charge on any atom is 0.524 e. The molecular formula is C22H47O5P. The first-order valence-corrected chi connectivity index (χ1v) is 13.0. The molecule has 0 aliphatic rings. The number of allylic oxidation sites excluding steroid dienone is 1. The molecule has 0 saturated heterocycles. The first-order valence-electron chi connectivity index (χ1n) is 11.4. The molecule has 0 spiro atoms. The molecule has 0 aromatic carbocycles. The summed E-state index contributed by atoms with van der Waals surface area (Å²) in [5.74, 6) is 0. The highest BCUT2D eigenvalue weighted by Crippen LogP contribution is 2.35. The van der Waals surface area contributed by atoms with Crippen LogP contribution in [0.1, 0.15) is 117 Å². The van der Waals surface area contributed by atoms with Crippen LogP contribution < -0.4 is 0 Å². The minimum atomic E-state index is -4.34. The number of phosphoric ester groups is 1. The third-order valence-electron chi connectivity index (χ3n) is 4.43. The predicted octanol–water partition coefficient (Wildman–Crippen LogP) is 7.52. The van der Waals surface area contributed by atoms with Gasteiger partial charge in [-0.25, -0.2) is 4.57 Å². The molecule has 0 fully saturated rings. The molecule has 0 amide bonds. The highest BCUT2D eigenvalue weighted by atomic mass is 31.2. The van der Waals surface area contributed by atoms with Crippen LogP contribution in [0.5, 0.6) is 0 Å². The van der Waals surface area contributed by atoms with E-state index in [4.69, 9.17) is 14.5 Å². The topological polar surface area (TPSA) is 76.0 Å². The summed E-state index contributed by atoms with van der Waals surface area (Å²) < 4.78 is 19.5. The number of unbranched alkanes of at least 4 members (excludes halogenated alkanes) is 14. The maximum atomic E-state index is 10.4. The Labute approximate surface area is 174 Å². The number of phosphoric acid groups is 1. The summed E-state index contributed by atoms with van der Waals surface area (Å²) in [6.45, 7) is 7.93. The molecule has 0 aromatic heterocycles. The van der Waals surface area contributed by atoms with E-state index >= 15 is 0 Å². The number of hydrogen-bond acceptors (Lipinski definition) is 3. The van der Waals surface area contributed by atoms with Crippen molar-refractivity contribution < 1.29 is 23.6 Å². The van der Waals surface area contributed by atoms with Gasteiger partial charge in [-0.1, -0.05) is 90.4 Å². The van der Waals surface area contributed by atoms with Gasteiger partial charge >= 0.3 is 7.82 Å². The molecule has 0 unspecified atom stereocenters. The van der Waals surface area contributed by atoms with Crippen molar-refractivity contribution >= 4 is 7.82 Å². The van der Waals surface area contributed by atoms with Crippen molar-refractivity contribution in [2.24, 2.45) is 0 Å². The Balaban J connectivity index is 0. The Hall–Kier alpha value is -0.350. The van der Waals surface area contributed by atoms with Crippen LogP contribution in [-0.2, 0) is 13.8 Å². The van der Waals surface area contributed by atoms with Gasteiger partial charge in [-0.2, -0.15) is 0 Å². The van der Waals surface area contributed by atoms with Crippen molar-refractivity contribution in [1.29, 1.82) is 0 Å². The zero-order chi connectivity index (χ0) is 21.3. The third-order valence-corrected chi connectivity index (χ3v) is 4.82. The molecule has 0 aliphatic heterocycles. The molecule has 0 radical (unpaired) electrons. The molecule has 6 heteroatoms. The second-order valence-corrected chi connectivity index (χ2v) is 8.33. The van der Waals surface area contributed by atoms with E-state index in [1.165, 1.54) is 83.5 Å². The first kappa shape index (κ1) is 29.8. The van der Waals surface area contributed by atoms with E-state index < -0.39 is 7.82 Å². The smallest absolute Gasteiger partial charge is 0.413 e. The monoisotopic (exact) mass is 422 g/mol. The standard InChI is InChI=1S/C18H37O4P.C4H10O/c1-2-3-4-5-6-7-8-9-10-11-12-13-14-15-16-17-18-22-23(19,20)21;1-3-5-4-2/h17-18H,2-16H2,1H3,(H2,19,20,21);3-4H2,1-2H3/b18-17+;. The van der Waals surface area contributed by atoms with Gasteiger partial charge < -0.3 is 9.26 Å². The zero-order valence-electron chi connectivity index (χ0n) is 18.7. The number of hydrogen-bond donors (Lipinski definition) is 2. The second kappa shape index (κ2) is 24.7. The van der Waals surface area contributed by atoms with Crippen LogP contribution in [0.15, 0.2) is 12.3 Å². The van der Waals surface area contributed by atoms with Crippen molar-refractivity contribution in [2.45, 2.75) is 117 Å². The fraction of sp³-hybridized carbons (Fsp3) is 0.909. The quantitative estimate of drug-likeness (QED) is 0.128. The first-order chi connectivity index (χ1) is 13.5. The van der Waals surface area contributed by atoms with Crippen LogP contribution in [0.2, 0.25) is 0 Å². The molecule has 2 N–H and O–H groups in total. The molecule has 170 valence electrons. The van der Waals surface area contributed by atoms with Crippen LogP contribution in [0.3, 0.4) is 0 Å². The maximum absolute atomic E-state index is 10.4.